The number of fused-ring (bicyclic) bond motifs is 1. The van der Waals surface area contributed by atoms with Gasteiger partial charge in [0.1, 0.15) is 11.5 Å². The number of aromatic amines is 1. The Kier molecular flexibility index (Phi) is 5.73. The fourth-order valence-corrected chi connectivity index (χ4v) is 3.59. The van der Waals surface area contributed by atoms with Gasteiger partial charge in [0, 0.05) is 29.5 Å². The van der Waals surface area contributed by atoms with Crippen LogP contribution in [0.2, 0.25) is 0 Å². The van der Waals surface area contributed by atoms with Gasteiger partial charge in [0.2, 0.25) is 0 Å². The summed E-state index contributed by atoms with van der Waals surface area (Å²) in [6, 6.07) is 7.95. The highest BCUT2D eigenvalue weighted by Gasteiger charge is 2.24. The lowest BCUT2D eigenvalue weighted by molar-refractivity contribution is -0.0864. The summed E-state index contributed by atoms with van der Waals surface area (Å²) in [4.78, 5) is 15.7. The molecule has 0 bridgehead atoms. The predicted molar refractivity (Wildman–Crippen MR) is 113 cm³/mol. The Morgan fingerprint density at radius 2 is 2.03 bits per heavy atom. The van der Waals surface area contributed by atoms with Gasteiger partial charge in [0.25, 0.3) is 5.56 Å². The monoisotopic (exact) mass is 414 g/mol. The molecule has 0 radical (unpaired) electrons. The Balaban J connectivity index is 1.68. The summed E-state index contributed by atoms with van der Waals surface area (Å²) in [5.74, 6) is -0.319. The summed E-state index contributed by atoms with van der Waals surface area (Å²) in [6.07, 6.45) is -0.00655. The molecule has 1 aromatic carbocycles. The number of hydrogen-bond acceptors (Lipinski definition) is 5. The maximum absolute atomic E-state index is 13.4. The first-order chi connectivity index (χ1) is 14.3. The standard InChI is InChI=1S/C22H27FN4O3/c1-22(2,3)19-18-10-14(11-24-12-17-13-29-8-9-30-17)21(28)25-20(18)27(26-19)16-6-4-15(23)5-7-16/h4-7,10,17,24H,8-9,11-13H2,1-3H3,(H,25,28)/t17-/m1/s1. The third kappa shape index (κ3) is 4.30. The number of ether oxygens (including phenoxy) is 2. The molecule has 1 fully saturated rings. The molecule has 4 rings (SSSR count). The maximum atomic E-state index is 13.4. The largest absolute Gasteiger partial charge is 0.376 e. The second-order valence-electron chi connectivity index (χ2n) is 8.57. The molecule has 3 heterocycles. The third-order valence-corrected chi connectivity index (χ3v) is 5.12. The summed E-state index contributed by atoms with van der Waals surface area (Å²) in [5.41, 5.74) is 2.36. The highest BCUT2D eigenvalue weighted by molar-refractivity contribution is 5.81. The van der Waals surface area contributed by atoms with Crippen LogP contribution in [0.1, 0.15) is 32.0 Å². The van der Waals surface area contributed by atoms with Crippen molar-refractivity contribution in [1.82, 2.24) is 20.1 Å². The Morgan fingerprint density at radius 1 is 1.27 bits per heavy atom. The van der Waals surface area contributed by atoms with Gasteiger partial charge in [0.15, 0.2) is 0 Å². The van der Waals surface area contributed by atoms with Gasteiger partial charge in [-0.15, -0.1) is 0 Å². The SMILES string of the molecule is CC(C)(C)c1nn(-c2ccc(F)cc2)c2[nH]c(=O)c(CNC[C@@H]3COCCO3)cc12. The molecule has 3 aromatic rings. The molecule has 2 N–H and O–H groups in total. The van der Waals surface area contributed by atoms with Crippen LogP contribution >= 0.6 is 0 Å². The molecule has 30 heavy (non-hydrogen) atoms. The molecular weight excluding hydrogens is 387 g/mol. The smallest absolute Gasteiger partial charge is 0.254 e. The molecule has 8 heteroatoms. The highest BCUT2D eigenvalue weighted by Crippen LogP contribution is 2.30. The van der Waals surface area contributed by atoms with Crippen molar-refractivity contribution < 1.29 is 13.9 Å². The second-order valence-corrected chi connectivity index (χ2v) is 8.57. The maximum Gasteiger partial charge on any atom is 0.254 e. The molecule has 1 saturated heterocycles. The first-order valence-corrected chi connectivity index (χ1v) is 10.1. The first kappa shape index (κ1) is 20.7. The number of hydrogen-bond donors (Lipinski definition) is 2. The number of pyridine rings is 1. The molecule has 1 aliphatic rings. The summed E-state index contributed by atoms with van der Waals surface area (Å²) in [6.45, 7) is 9.03. The normalized spacial score (nSPS) is 17.5. The molecule has 0 aliphatic carbocycles. The van der Waals surface area contributed by atoms with Crippen molar-refractivity contribution in [3.8, 4) is 5.69 Å². The van der Waals surface area contributed by atoms with E-state index in [0.29, 0.717) is 49.8 Å². The lowest BCUT2D eigenvalue weighted by atomic mass is 9.90. The summed E-state index contributed by atoms with van der Waals surface area (Å²) in [5, 5.41) is 8.92. The fourth-order valence-electron chi connectivity index (χ4n) is 3.59. The van der Waals surface area contributed by atoms with E-state index >= 15 is 0 Å². The van der Waals surface area contributed by atoms with Crippen LogP contribution < -0.4 is 10.9 Å². The lowest BCUT2D eigenvalue weighted by Gasteiger charge is -2.23. The van der Waals surface area contributed by atoms with Crippen molar-refractivity contribution in [2.75, 3.05) is 26.4 Å². The van der Waals surface area contributed by atoms with E-state index in [-0.39, 0.29) is 22.9 Å². The minimum atomic E-state index is -0.319. The minimum Gasteiger partial charge on any atom is -0.376 e. The van der Waals surface area contributed by atoms with Gasteiger partial charge in [-0.2, -0.15) is 5.10 Å². The number of benzene rings is 1. The zero-order valence-electron chi connectivity index (χ0n) is 17.5. The van der Waals surface area contributed by atoms with Gasteiger partial charge in [-0.3, -0.25) is 4.79 Å². The fraction of sp³-hybridized carbons (Fsp3) is 0.455. The van der Waals surface area contributed by atoms with Crippen molar-refractivity contribution in [3.05, 3.63) is 57.8 Å². The van der Waals surface area contributed by atoms with Gasteiger partial charge in [-0.1, -0.05) is 20.8 Å². The number of aromatic nitrogens is 3. The van der Waals surface area contributed by atoms with E-state index in [0.717, 1.165) is 11.1 Å². The van der Waals surface area contributed by atoms with Gasteiger partial charge in [-0.05, 0) is 30.3 Å². The number of H-pyrrole nitrogens is 1. The average Bonchev–Trinajstić information content (AvgIpc) is 3.08. The van der Waals surface area contributed by atoms with Crippen molar-refractivity contribution in [3.63, 3.8) is 0 Å². The van der Waals surface area contributed by atoms with E-state index in [9.17, 15) is 9.18 Å². The van der Waals surface area contributed by atoms with Crippen LogP contribution in [-0.2, 0) is 21.4 Å². The van der Waals surface area contributed by atoms with E-state index in [1.54, 1.807) is 16.8 Å². The molecule has 7 nitrogen and oxygen atoms in total. The van der Waals surface area contributed by atoms with Crippen LogP contribution in [0.3, 0.4) is 0 Å². The summed E-state index contributed by atoms with van der Waals surface area (Å²) in [7, 11) is 0. The minimum absolute atomic E-state index is 0.00655. The molecule has 0 unspecified atom stereocenters. The Morgan fingerprint density at radius 3 is 2.70 bits per heavy atom. The first-order valence-electron chi connectivity index (χ1n) is 10.1. The van der Waals surface area contributed by atoms with E-state index < -0.39 is 0 Å². The molecule has 160 valence electrons. The number of nitrogens with zero attached hydrogens (tertiary/aromatic N) is 2. The van der Waals surface area contributed by atoms with Gasteiger partial charge >= 0.3 is 0 Å². The van der Waals surface area contributed by atoms with Crippen LogP contribution in [0.25, 0.3) is 16.7 Å². The van der Waals surface area contributed by atoms with Gasteiger partial charge in [0.05, 0.1) is 37.3 Å². The number of halogens is 1. The quantitative estimate of drug-likeness (QED) is 0.671. The van der Waals surface area contributed by atoms with Crippen LogP contribution in [0.4, 0.5) is 4.39 Å². The highest BCUT2D eigenvalue weighted by atomic mass is 19.1. The number of rotatable bonds is 5. The lowest BCUT2D eigenvalue weighted by Crippen LogP contribution is -2.37. The van der Waals surface area contributed by atoms with E-state index in [1.165, 1.54) is 12.1 Å². The molecule has 0 spiro atoms. The zero-order chi connectivity index (χ0) is 21.3. The van der Waals surface area contributed by atoms with Crippen molar-refractivity contribution in [2.24, 2.45) is 0 Å². The average molecular weight is 414 g/mol. The Bertz CT molecular complexity index is 1080. The van der Waals surface area contributed by atoms with Crippen molar-refractivity contribution >= 4 is 11.0 Å². The zero-order valence-corrected chi connectivity index (χ0v) is 17.5. The number of nitrogens with one attached hydrogen (secondary N) is 2. The summed E-state index contributed by atoms with van der Waals surface area (Å²) < 4.78 is 26.1. The van der Waals surface area contributed by atoms with Crippen LogP contribution in [0.15, 0.2) is 35.1 Å². The predicted octanol–water partition coefficient (Wildman–Crippen LogP) is 2.66. The van der Waals surface area contributed by atoms with E-state index in [2.05, 4.69) is 31.1 Å². The van der Waals surface area contributed by atoms with E-state index in [1.807, 2.05) is 6.07 Å². The third-order valence-electron chi connectivity index (χ3n) is 5.12. The topological polar surface area (TPSA) is 81.2 Å². The molecular formula is C22H27FN4O3. The molecule has 1 aliphatic heterocycles. The van der Waals surface area contributed by atoms with Crippen LogP contribution in [-0.4, -0.2) is 47.2 Å². The Labute approximate surface area is 174 Å². The molecule has 2 aromatic heterocycles. The van der Waals surface area contributed by atoms with Crippen LogP contribution in [0.5, 0.6) is 0 Å². The van der Waals surface area contributed by atoms with Gasteiger partial charge < -0.3 is 19.8 Å². The van der Waals surface area contributed by atoms with Crippen molar-refractivity contribution in [1.29, 1.82) is 0 Å². The molecule has 0 amide bonds. The molecule has 0 saturated carbocycles. The Hall–Kier alpha value is -2.55. The van der Waals surface area contributed by atoms with Crippen molar-refractivity contribution in [2.45, 2.75) is 38.8 Å². The van der Waals surface area contributed by atoms with Gasteiger partial charge in [-0.25, -0.2) is 9.07 Å². The molecule has 1 atom stereocenters. The van der Waals surface area contributed by atoms with Crippen LogP contribution in [0, 0.1) is 5.82 Å². The second kappa shape index (κ2) is 8.29. The van der Waals surface area contributed by atoms with E-state index in [4.69, 9.17) is 14.6 Å². The summed E-state index contributed by atoms with van der Waals surface area (Å²) >= 11 is 0.